The Hall–Kier alpha value is -2.73. The first kappa shape index (κ1) is 18.1. The van der Waals surface area contributed by atoms with Crippen molar-refractivity contribution in [2.24, 2.45) is 0 Å². The van der Waals surface area contributed by atoms with Gasteiger partial charge in [0.2, 0.25) is 0 Å². The fraction of sp³-hybridized carbons (Fsp3) is 0.250. The molecule has 5 nitrogen and oxygen atoms in total. The van der Waals surface area contributed by atoms with Crippen molar-refractivity contribution in [3.05, 3.63) is 64.7 Å². The first-order valence-electron chi connectivity index (χ1n) is 8.24. The molecule has 2 aromatic heterocycles. The number of ether oxygens (including phenoxy) is 1. The zero-order valence-corrected chi connectivity index (χ0v) is 15.7. The van der Waals surface area contributed by atoms with E-state index in [1.54, 1.807) is 18.3 Å². The van der Waals surface area contributed by atoms with Crippen molar-refractivity contribution in [1.82, 2.24) is 10.3 Å². The minimum absolute atomic E-state index is 0.0700. The third kappa shape index (κ3) is 4.08. The summed E-state index contributed by atoms with van der Waals surface area (Å²) in [5, 5.41) is 4.84. The van der Waals surface area contributed by atoms with Crippen LogP contribution >= 0.6 is 11.3 Å². The Morgan fingerprint density at radius 3 is 2.77 bits per heavy atom. The van der Waals surface area contributed by atoms with Gasteiger partial charge in [0.15, 0.2) is 0 Å². The fourth-order valence-electron chi connectivity index (χ4n) is 2.51. The molecule has 0 aliphatic rings. The van der Waals surface area contributed by atoms with Crippen LogP contribution in [0.1, 0.15) is 40.1 Å². The van der Waals surface area contributed by atoms with Crippen LogP contribution in [0, 0.1) is 6.92 Å². The van der Waals surface area contributed by atoms with E-state index in [1.807, 2.05) is 50.4 Å². The molecule has 0 aliphatic heterocycles. The normalized spacial score (nSPS) is 11.3. The summed E-state index contributed by atoms with van der Waals surface area (Å²) in [5.74, 6) is -0.642. The molecule has 3 rings (SSSR count). The highest BCUT2D eigenvalue weighted by Gasteiger charge is 2.24. The SMILES string of the molecule is Cc1ccccc1C(=O)OCC(C)(C)NC(=O)c1cnc2ccsc2c1. The molecule has 134 valence electrons. The Morgan fingerprint density at radius 1 is 1.23 bits per heavy atom. The summed E-state index contributed by atoms with van der Waals surface area (Å²) in [6.07, 6.45) is 1.56. The zero-order chi connectivity index (χ0) is 18.7. The van der Waals surface area contributed by atoms with Gasteiger partial charge in [0, 0.05) is 6.20 Å². The molecule has 2 heterocycles. The molecule has 1 aromatic carbocycles. The number of pyridine rings is 1. The second kappa shape index (κ2) is 7.25. The van der Waals surface area contributed by atoms with Crippen LogP contribution in [0.2, 0.25) is 0 Å². The number of carbonyl (C=O) groups excluding carboxylic acids is 2. The van der Waals surface area contributed by atoms with Crippen LogP contribution < -0.4 is 5.32 Å². The Bertz CT molecular complexity index is 962. The molecule has 0 saturated carbocycles. The molecule has 3 aromatic rings. The van der Waals surface area contributed by atoms with Crippen LogP contribution in [0.5, 0.6) is 0 Å². The van der Waals surface area contributed by atoms with E-state index in [0.717, 1.165) is 15.8 Å². The Morgan fingerprint density at radius 2 is 2.00 bits per heavy atom. The van der Waals surface area contributed by atoms with Gasteiger partial charge in [-0.1, -0.05) is 18.2 Å². The number of rotatable bonds is 5. The number of nitrogens with zero attached hydrogens (tertiary/aromatic N) is 1. The quantitative estimate of drug-likeness (QED) is 0.692. The van der Waals surface area contributed by atoms with E-state index < -0.39 is 11.5 Å². The van der Waals surface area contributed by atoms with E-state index in [4.69, 9.17) is 4.74 Å². The van der Waals surface area contributed by atoms with E-state index >= 15 is 0 Å². The molecule has 0 bridgehead atoms. The van der Waals surface area contributed by atoms with Crippen LogP contribution in [0.4, 0.5) is 0 Å². The Balaban J connectivity index is 1.63. The van der Waals surface area contributed by atoms with Crippen molar-refractivity contribution in [1.29, 1.82) is 0 Å². The standard InChI is InChI=1S/C20H20N2O3S/c1-13-6-4-5-7-15(13)19(24)25-12-20(2,3)22-18(23)14-10-17-16(21-11-14)8-9-26-17/h4-11H,12H2,1-3H3,(H,22,23). The number of esters is 1. The van der Waals surface area contributed by atoms with Gasteiger partial charge in [-0.25, -0.2) is 4.79 Å². The van der Waals surface area contributed by atoms with Gasteiger partial charge in [-0.2, -0.15) is 0 Å². The molecular weight excluding hydrogens is 348 g/mol. The van der Waals surface area contributed by atoms with Crippen LogP contribution in [0.25, 0.3) is 10.2 Å². The second-order valence-corrected chi connectivity index (χ2v) is 7.70. The summed E-state index contributed by atoms with van der Waals surface area (Å²) in [4.78, 5) is 29.0. The number of aromatic nitrogens is 1. The van der Waals surface area contributed by atoms with Crippen LogP contribution in [-0.4, -0.2) is 29.0 Å². The first-order chi connectivity index (χ1) is 12.4. The van der Waals surface area contributed by atoms with Gasteiger partial charge in [0.25, 0.3) is 5.91 Å². The van der Waals surface area contributed by atoms with Gasteiger partial charge in [-0.05, 0) is 49.9 Å². The maximum absolute atomic E-state index is 12.5. The average Bonchev–Trinajstić information content (AvgIpc) is 3.07. The molecule has 26 heavy (non-hydrogen) atoms. The Kier molecular flexibility index (Phi) is 5.04. The molecule has 0 aliphatic carbocycles. The van der Waals surface area contributed by atoms with Gasteiger partial charge in [0.05, 0.1) is 26.9 Å². The number of aryl methyl sites for hydroxylation is 1. The highest BCUT2D eigenvalue weighted by Crippen LogP contribution is 2.20. The number of benzene rings is 1. The zero-order valence-electron chi connectivity index (χ0n) is 14.9. The second-order valence-electron chi connectivity index (χ2n) is 6.76. The van der Waals surface area contributed by atoms with Crippen LogP contribution in [0.15, 0.2) is 48.0 Å². The summed E-state index contributed by atoms with van der Waals surface area (Å²) in [6.45, 7) is 5.55. The van der Waals surface area contributed by atoms with Crippen molar-refractivity contribution in [2.45, 2.75) is 26.3 Å². The number of hydrogen-bond acceptors (Lipinski definition) is 5. The number of nitrogens with one attached hydrogen (secondary N) is 1. The van der Waals surface area contributed by atoms with E-state index in [9.17, 15) is 9.59 Å². The summed E-state index contributed by atoms with van der Waals surface area (Å²) in [6, 6.07) is 11.0. The van der Waals surface area contributed by atoms with Crippen molar-refractivity contribution in [3.8, 4) is 0 Å². The molecule has 0 fully saturated rings. The summed E-state index contributed by atoms with van der Waals surface area (Å²) in [5.41, 5.74) is 2.03. The number of carbonyl (C=O) groups is 2. The number of fused-ring (bicyclic) bond motifs is 1. The predicted octanol–water partition coefficient (Wildman–Crippen LogP) is 3.97. The highest BCUT2D eigenvalue weighted by molar-refractivity contribution is 7.17. The molecule has 0 spiro atoms. The largest absolute Gasteiger partial charge is 0.460 e. The van der Waals surface area contributed by atoms with Crippen molar-refractivity contribution in [2.75, 3.05) is 6.61 Å². The lowest BCUT2D eigenvalue weighted by molar-refractivity contribution is 0.0389. The summed E-state index contributed by atoms with van der Waals surface area (Å²) >= 11 is 1.54. The van der Waals surface area contributed by atoms with Gasteiger partial charge < -0.3 is 10.1 Å². The third-order valence-corrected chi connectivity index (χ3v) is 4.80. The van der Waals surface area contributed by atoms with Gasteiger partial charge in [0.1, 0.15) is 6.61 Å². The molecule has 0 saturated heterocycles. The maximum atomic E-state index is 12.5. The molecule has 0 atom stereocenters. The smallest absolute Gasteiger partial charge is 0.338 e. The number of hydrogen-bond donors (Lipinski definition) is 1. The van der Waals surface area contributed by atoms with Crippen LogP contribution in [-0.2, 0) is 4.74 Å². The lowest BCUT2D eigenvalue weighted by Gasteiger charge is -2.26. The van der Waals surface area contributed by atoms with Gasteiger partial charge in [-0.15, -0.1) is 11.3 Å². The summed E-state index contributed by atoms with van der Waals surface area (Å²) < 4.78 is 6.36. The minimum Gasteiger partial charge on any atom is -0.460 e. The summed E-state index contributed by atoms with van der Waals surface area (Å²) in [7, 11) is 0. The topological polar surface area (TPSA) is 68.3 Å². The number of amides is 1. The molecular formula is C20H20N2O3S. The molecule has 6 heteroatoms. The molecule has 0 radical (unpaired) electrons. The van der Waals surface area contributed by atoms with Crippen molar-refractivity contribution in [3.63, 3.8) is 0 Å². The van der Waals surface area contributed by atoms with E-state index in [2.05, 4.69) is 10.3 Å². The van der Waals surface area contributed by atoms with Gasteiger partial charge >= 0.3 is 5.97 Å². The molecule has 1 amide bonds. The highest BCUT2D eigenvalue weighted by atomic mass is 32.1. The van der Waals surface area contributed by atoms with Crippen molar-refractivity contribution >= 4 is 33.4 Å². The minimum atomic E-state index is -0.708. The molecule has 0 unspecified atom stereocenters. The monoisotopic (exact) mass is 368 g/mol. The van der Waals surface area contributed by atoms with Gasteiger partial charge in [-0.3, -0.25) is 9.78 Å². The molecule has 1 N–H and O–H groups in total. The predicted molar refractivity (Wildman–Crippen MR) is 103 cm³/mol. The van der Waals surface area contributed by atoms with E-state index in [-0.39, 0.29) is 12.5 Å². The Labute approximate surface area is 156 Å². The van der Waals surface area contributed by atoms with E-state index in [0.29, 0.717) is 11.1 Å². The van der Waals surface area contributed by atoms with E-state index in [1.165, 1.54) is 11.3 Å². The average molecular weight is 368 g/mol. The lowest BCUT2D eigenvalue weighted by atomic mass is 10.1. The number of thiophene rings is 1. The maximum Gasteiger partial charge on any atom is 0.338 e. The first-order valence-corrected chi connectivity index (χ1v) is 9.12. The van der Waals surface area contributed by atoms with Crippen molar-refractivity contribution < 1.29 is 14.3 Å². The third-order valence-electron chi connectivity index (χ3n) is 3.95. The van der Waals surface area contributed by atoms with Crippen LogP contribution in [0.3, 0.4) is 0 Å². The fourth-order valence-corrected chi connectivity index (χ4v) is 3.29. The lowest BCUT2D eigenvalue weighted by Crippen LogP contribution is -2.47.